The van der Waals surface area contributed by atoms with Crippen LogP contribution < -0.4 is 10.3 Å². The summed E-state index contributed by atoms with van der Waals surface area (Å²) in [4.78, 5) is 27.5. The number of nitrogens with zero attached hydrogens (tertiary/aromatic N) is 5. The van der Waals surface area contributed by atoms with E-state index in [0.717, 1.165) is 16.7 Å². The molecule has 1 atom stereocenters. The third-order valence-electron chi connectivity index (χ3n) is 4.89. The molecule has 0 bridgehead atoms. The number of allylic oxidation sites excluding steroid dienone is 1. The molecule has 0 saturated heterocycles. The number of carbonyl (C=O) groups is 1. The molecule has 30 heavy (non-hydrogen) atoms. The first-order valence-electron chi connectivity index (χ1n) is 9.10. The fourth-order valence-electron chi connectivity index (χ4n) is 3.29. The molecule has 0 aliphatic carbocycles. The molecule has 4 rings (SSSR count). The molecule has 1 aromatic carbocycles. The predicted molar refractivity (Wildman–Crippen MR) is 111 cm³/mol. The van der Waals surface area contributed by atoms with Gasteiger partial charge in [0, 0.05) is 60.9 Å². The molecule has 1 aliphatic rings. The van der Waals surface area contributed by atoms with E-state index in [0.29, 0.717) is 17.0 Å². The van der Waals surface area contributed by atoms with Gasteiger partial charge >= 0.3 is 0 Å². The highest BCUT2D eigenvalue weighted by molar-refractivity contribution is 5.99. The van der Waals surface area contributed by atoms with Crippen molar-refractivity contribution in [2.75, 3.05) is 7.11 Å². The summed E-state index contributed by atoms with van der Waals surface area (Å²) in [6.07, 6.45) is 9.82. The third-order valence-corrected chi connectivity index (χ3v) is 4.89. The first-order valence-corrected chi connectivity index (χ1v) is 9.10. The monoisotopic (exact) mass is 399 g/mol. The Hall–Kier alpha value is -4.25. The van der Waals surface area contributed by atoms with Crippen LogP contribution in [-0.4, -0.2) is 33.6 Å². The van der Waals surface area contributed by atoms with Crippen molar-refractivity contribution in [2.24, 2.45) is 12.0 Å². The van der Waals surface area contributed by atoms with E-state index in [4.69, 9.17) is 4.74 Å². The zero-order valence-corrected chi connectivity index (χ0v) is 16.3. The molecule has 3 aromatic rings. The lowest BCUT2D eigenvalue weighted by Crippen LogP contribution is -2.18. The van der Waals surface area contributed by atoms with Gasteiger partial charge in [-0.3, -0.25) is 9.59 Å². The minimum Gasteiger partial charge on any atom is -0.497 e. The smallest absolute Gasteiger partial charge is 0.269 e. The first-order chi connectivity index (χ1) is 14.5. The fourth-order valence-corrected chi connectivity index (χ4v) is 3.29. The highest BCUT2D eigenvalue weighted by Crippen LogP contribution is 2.30. The largest absolute Gasteiger partial charge is 0.497 e. The SMILES string of the molecule is COc1ccc(C#N)c(-n2cc(-c3cn(C)c(=O)cc3C3C=CC(=O)N=C3)cn2)c1. The molecule has 0 fully saturated rings. The van der Waals surface area contributed by atoms with E-state index in [9.17, 15) is 14.9 Å². The minimum atomic E-state index is -0.327. The molecule has 0 saturated carbocycles. The van der Waals surface area contributed by atoms with Crippen LogP contribution in [0.2, 0.25) is 0 Å². The number of aromatic nitrogens is 3. The minimum absolute atomic E-state index is 0.167. The van der Waals surface area contributed by atoms with Gasteiger partial charge in [0.25, 0.3) is 11.5 Å². The summed E-state index contributed by atoms with van der Waals surface area (Å²) in [6, 6.07) is 8.82. The maximum Gasteiger partial charge on any atom is 0.269 e. The molecule has 148 valence electrons. The Morgan fingerprint density at radius 3 is 2.73 bits per heavy atom. The maximum atomic E-state index is 12.3. The average molecular weight is 399 g/mol. The second kappa shape index (κ2) is 7.64. The predicted octanol–water partition coefficient (Wildman–Crippen LogP) is 2.37. The van der Waals surface area contributed by atoms with E-state index < -0.39 is 0 Å². The van der Waals surface area contributed by atoms with Gasteiger partial charge in [0.2, 0.25) is 0 Å². The molecule has 0 radical (unpaired) electrons. The van der Waals surface area contributed by atoms with Crippen LogP contribution >= 0.6 is 0 Å². The van der Waals surface area contributed by atoms with Crippen LogP contribution in [0.3, 0.4) is 0 Å². The van der Waals surface area contributed by atoms with E-state index in [1.165, 1.54) is 22.9 Å². The molecule has 3 heterocycles. The number of ether oxygens (including phenoxy) is 1. The molecule has 8 nitrogen and oxygen atoms in total. The van der Waals surface area contributed by atoms with Crippen molar-refractivity contribution in [3.8, 4) is 28.6 Å². The van der Waals surface area contributed by atoms with Crippen LogP contribution in [0.15, 0.2) is 64.8 Å². The molecule has 0 spiro atoms. The molecular formula is C22H17N5O3. The van der Waals surface area contributed by atoms with Crippen LogP contribution in [0.1, 0.15) is 17.0 Å². The van der Waals surface area contributed by atoms with Gasteiger partial charge in [0.05, 0.1) is 24.6 Å². The number of rotatable bonds is 4. The molecule has 1 amide bonds. The van der Waals surface area contributed by atoms with Gasteiger partial charge in [-0.05, 0) is 17.7 Å². The average Bonchev–Trinajstić information content (AvgIpc) is 3.25. The number of aryl methyl sites for hydroxylation is 1. The van der Waals surface area contributed by atoms with Crippen LogP contribution in [0, 0.1) is 11.3 Å². The summed E-state index contributed by atoms with van der Waals surface area (Å²) >= 11 is 0. The van der Waals surface area contributed by atoms with Crippen LogP contribution in [0.4, 0.5) is 0 Å². The second-order valence-electron chi connectivity index (χ2n) is 6.76. The lowest BCUT2D eigenvalue weighted by Gasteiger charge is -2.15. The van der Waals surface area contributed by atoms with Crippen LogP contribution in [0.25, 0.3) is 16.8 Å². The third kappa shape index (κ3) is 3.44. The molecule has 2 aromatic heterocycles. The molecule has 8 heteroatoms. The summed E-state index contributed by atoms with van der Waals surface area (Å²) < 4.78 is 8.35. The Morgan fingerprint density at radius 1 is 1.20 bits per heavy atom. The topological polar surface area (TPSA) is 102 Å². The molecule has 0 N–H and O–H groups in total. The summed E-state index contributed by atoms with van der Waals surface area (Å²) in [7, 11) is 3.23. The van der Waals surface area contributed by atoms with Crippen molar-refractivity contribution in [1.82, 2.24) is 14.3 Å². The summed E-state index contributed by atoms with van der Waals surface area (Å²) in [5.41, 5.74) is 3.12. The number of aliphatic imine (C=N–C) groups is 1. The van der Waals surface area contributed by atoms with Gasteiger partial charge < -0.3 is 9.30 Å². The van der Waals surface area contributed by atoms with Crippen LogP contribution in [0.5, 0.6) is 5.75 Å². The quantitative estimate of drug-likeness (QED) is 0.670. The number of hydrogen-bond acceptors (Lipinski definition) is 5. The number of benzene rings is 1. The normalized spacial score (nSPS) is 15.2. The zero-order chi connectivity index (χ0) is 21.3. The van der Waals surface area contributed by atoms with Gasteiger partial charge in [-0.15, -0.1) is 0 Å². The molecule has 1 aliphatic heterocycles. The number of pyridine rings is 1. The second-order valence-corrected chi connectivity index (χ2v) is 6.76. The van der Waals surface area contributed by atoms with Crippen molar-refractivity contribution in [1.29, 1.82) is 5.26 Å². The Labute approximate surface area is 172 Å². The van der Waals surface area contributed by atoms with Gasteiger partial charge in [-0.2, -0.15) is 10.4 Å². The standard InChI is InChI=1S/C22H17N5O3/c1-26-13-19(18(8-22(26)29)15-4-6-21(28)24-10-15)16-11-25-27(12-16)20-7-17(30-2)5-3-14(20)9-23/h3-8,10-13,15H,1-2H3. The van der Waals surface area contributed by atoms with Crippen molar-refractivity contribution < 1.29 is 9.53 Å². The summed E-state index contributed by atoms with van der Waals surface area (Å²) in [5.74, 6) is -0.0231. The number of nitriles is 1. The number of carbonyl (C=O) groups excluding carboxylic acids is 1. The number of amides is 1. The highest BCUT2D eigenvalue weighted by atomic mass is 16.5. The van der Waals surface area contributed by atoms with Crippen LogP contribution in [-0.2, 0) is 11.8 Å². The van der Waals surface area contributed by atoms with Crippen molar-refractivity contribution >= 4 is 12.1 Å². The number of dihydropyridines is 1. The van der Waals surface area contributed by atoms with E-state index in [1.807, 2.05) is 0 Å². The summed E-state index contributed by atoms with van der Waals surface area (Å²) in [5, 5.41) is 13.9. The van der Waals surface area contributed by atoms with Crippen molar-refractivity contribution in [2.45, 2.75) is 5.92 Å². The fraction of sp³-hybridized carbons (Fsp3) is 0.136. The lowest BCUT2D eigenvalue weighted by molar-refractivity contribution is -0.113. The zero-order valence-electron chi connectivity index (χ0n) is 16.3. The summed E-state index contributed by atoms with van der Waals surface area (Å²) in [6.45, 7) is 0. The Bertz CT molecular complexity index is 1290. The van der Waals surface area contributed by atoms with Gasteiger partial charge in [-0.1, -0.05) is 6.08 Å². The van der Waals surface area contributed by atoms with E-state index in [1.54, 1.807) is 61.7 Å². The molecule has 1 unspecified atom stereocenters. The van der Waals surface area contributed by atoms with Crippen molar-refractivity contribution in [3.05, 3.63) is 76.5 Å². The Balaban J connectivity index is 1.83. The maximum absolute atomic E-state index is 12.3. The van der Waals surface area contributed by atoms with E-state index >= 15 is 0 Å². The van der Waals surface area contributed by atoms with Gasteiger partial charge in [0.15, 0.2) is 0 Å². The molecular weight excluding hydrogens is 382 g/mol. The number of methoxy groups -OCH3 is 1. The Morgan fingerprint density at radius 2 is 2.03 bits per heavy atom. The first kappa shape index (κ1) is 19.1. The highest BCUT2D eigenvalue weighted by Gasteiger charge is 2.19. The number of hydrogen-bond donors (Lipinski definition) is 0. The Kier molecular flexibility index (Phi) is 4.86. The van der Waals surface area contributed by atoms with E-state index in [2.05, 4.69) is 16.2 Å². The van der Waals surface area contributed by atoms with Gasteiger partial charge in [0.1, 0.15) is 11.8 Å². The van der Waals surface area contributed by atoms with E-state index in [-0.39, 0.29) is 17.4 Å². The van der Waals surface area contributed by atoms with Gasteiger partial charge in [-0.25, -0.2) is 9.67 Å². The van der Waals surface area contributed by atoms with Crippen molar-refractivity contribution in [3.63, 3.8) is 0 Å². The lowest BCUT2D eigenvalue weighted by atomic mass is 9.92.